The van der Waals surface area contributed by atoms with Crippen LogP contribution in [-0.2, 0) is 9.53 Å². The highest BCUT2D eigenvalue weighted by Crippen LogP contribution is 2.34. The zero-order valence-corrected chi connectivity index (χ0v) is 13.3. The number of hydrogen-bond donors (Lipinski definition) is 2. The molecule has 0 aromatic heterocycles. The minimum atomic E-state index is -0.426. The van der Waals surface area contributed by atoms with Gasteiger partial charge in [-0.2, -0.15) is 0 Å². The van der Waals surface area contributed by atoms with Crippen molar-refractivity contribution >= 4 is 12.0 Å². The molecule has 6 nitrogen and oxygen atoms in total. The van der Waals surface area contributed by atoms with Gasteiger partial charge in [0.25, 0.3) is 0 Å². The monoisotopic (exact) mass is 297 g/mol. The Hall–Kier alpha value is -1.30. The molecule has 21 heavy (non-hydrogen) atoms. The summed E-state index contributed by atoms with van der Waals surface area (Å²) in [5.41, 5.74) is -0.354. The maximum absolute atomic E-state index is 12.8. The number of likely N-dealkylation sites (tertiary alicyclic amines) is 1. The lowest BCUT2D eigenvalue weighted by molar-refractivity contribution is -0.142. The summed E-state index contributed by atoms with van der Waals surface area (Å²) < 4.78 is 4.61. The van der Waals surface area contributed by atoms with Gasteiger partial charge in [-0.05, 0) is 38.3 Å². The van der Waals surface area contributed by atoms with Crippen LogP contribution in [0.3, 0.4) is 0 Å². The minimum absolute atomic E-state index is 0.00156. The number of piperidine rings is 1. The molecule has 0 saturated carbocycles. The molecule has 0 bridgehead atoms. The summed E-state index contributed by atoms with van der Waals surface area (Å²) in [6.07, 6.45) is 2.60. The Labute approximate surface area is 126 Å². The zero-order valence-electron chi connectivity index (χ0n) is 13.3. The highest BCUT2D eigenvalue weighted by atomic mass is 16.5. The Morgan fingerprint density at radius 3 is 2.71 bits per heavy atom. The van der Waals surface area contributed by atoms with Gasteiger partial charge in [-0.25, -0.2) is 4.79 Å². The van der Waals surface area contributed by atoms with Gasteiger partial charge in [0.05, 0.1) is 13.2 Å². The molecule has 0 spiro atoms. The number of rotatable bonds is 3. The quantitative estimate of drug-likeness (QED) is 0.814. The summed E-state index contributed by atoms with van der Waals surface area (Å²) in [4.78, 5) is 25.9. The second-order valence-electron chi connectivity index (χ2n) is 6.64. The van der Waals surface area contributed by atoms with Crippen LogP contribution < -0.4 is 10.6 Å². The molecule has 2 rings (SSSR count). The van der Waals surface area contributed by atoms with Crippen molar-refractivity contribution in [2.45, 2.75) is 39.2 Å². The van der Waals surface area contributed by atoms with Gasteiger partial charge in [0.2, 0.25) is 5.91 Å². The Kier molecular flexibility index (Phi) is 5.08. The Bertz CT molecular complexity index is 392. The summed E-state index contributed by atoms with van der Waals surface area (Å²) in [7, 11) is 1.35. The lowest BCUT2D eigenvalue weighted by atomic mass is 9.74. The highest BCUT2D eigenvalue weighted by Gasteiger charge is 2.41. The number of alkyl carbamates (subject to hydrolysis) is 1. The first-order chi connectivity index (χ1) is 9.95. The Morgan fingerprint density at radius 2 is 2.10 bits per heavy atom. The number of nitrogens with one attached hydrogen (secondary N) is 2. The predicted octanol–water partition coefficient (Wildman–Crippen LogP) is 0.969. The lowest BCUT2D eigenvalue weighted by Gasteiger charge is -2.38. The third kappa shape index (κ3) is 3.67. The number of carbonyl (C=O) groups is 2. The molecule has 2 unspecified atom stereocenters. The molecular formula is C15H27N3O3. The molecule has 2 saturated heterocycles. The molecule has 2 N–H and O–H groups in total. The van der Waals surface area contributed by atoms with Gasteiger partial charge in [0, 0.05) is 18.5 Å². The Morgan fingerprint density at radius 1 is 1.33 bits per heavy atom. The van der Waals surface area contributed by atoms with Gasteiger partial charge >= 0.3 is 6.09 Å². The molecule has 2 aliphatic heterocycles. The maximum atomic E-state index is 12.8. The minimum Gasteiger partial charge on any atom is -0.453 e. The molecule has 0 aromatic rings. The van der Waals surface area contributed by atoms with E-state index in [1.54, 1.807) is 0 Å². The van der Waals surface area contributed by atoms with Crippen LogP contribution in [0.1, 0.15) is 33.1 Å². The van der Waals surface area contributed by atoms with Crippen LogP contribution in [0.5, 0.6) is 0 Å². The molecule has 2 atom stereocenters. The number of methoxy groups -OCH3 is 1. The highest BCUT2D eigenvalue weighted by molar-refractivity contribution is 5.82. The predicted molar refractivity (Wildman–Crippen MR) is 79.9 cm³/mol. The van der Waals surface area contributed by atoms with E-state index >= 15 is 0 Å². The van der Waals surface area contributed by atoms with Crippen LogP contribution in [0.4, 0.5) is 4.79 Å². The Balaban J connectivity index is 1.92. The number of amides is 2. The van der Waals surface area contributed by atoms with Crippen molar-refractivity contribution in [3.8, 4) is 0 Å². The van der Waals surface area contributed by atoms with Crippen molar-refractivity contribution in [1.82, 2.24) is 15.5 Å². The molecule has 0 aliphatic carbocycles. The largest absolute Gasteiger partial charge is 0.453 e. The summed E-state index contributed by atoms with van der Waals surface area (Å²) in [5.74, 6) is 0.580. The van der Waals surface area contributed by atoms with Gasteiger partial charge in [0.15, 0.2) is 0 Å². The SMILES string of the molecule is COC(=O)NC1CCN(C(=O)C(C)(C)C2CCCNC2)C1. The van der Waals surface area contributed by atoms with Gasteiger partial charge in [-0.3, -0.25) is 4.79 Å². The van der Waals surface area contributed by atoms with Crippen LogP contribution in [0.15, 0.2) is 0 Å². The van der Waals surface area contributed by atoms with Crippen molar-refractivity contribution in [3.63, 3.8) is 0 Å². The fraction of sp³-hybridized carbons (Fsp3) is 0.867. The molecular weight excluding hydrogens is 270 g/mol. The molecule has 2 aliphatic rings. The second kappa shape index (κ2) is 6.64. The van der Waals surface area contributed by atoms with E-state index in [-0.39, 0.29) is 17.4 Å². The number of hydrogen-bond acceptors (Lipinski definition) is 4. The molecule has 120 valence electrons. The number of carbonyl (C=O) groups excluding carboxylic acids is 2. The molecule has 2 fully saturated rings. The maximum Gasteiger partial charge on any atom is 0.407 e. The van der Waals surface area contributed by atoms with Crippen LogP contribution >= 0.6 is 0 Å². The molecule has 2 amide bonds. The summed E-state index contributed by atoms with van der Waals surface area (Å²) in [5, 5.41) is 6.16. The van der Waals surface area contributed by atoms with Crippen molar-refractivity contribution in [2.75, 3.05) is 33.3 Å². The average Bonchev–Trinajstić information content (AvgIpc) is 2.95. The van der Waals surface area contributed by atoms with Crippen LogP contribution in [-0.4, -0.2) is 56.2 Å². The van der Waals surface area contributed by atoms with Gasteiger partial charge in [-0.15, -0.1) is 0 Å². The third-order valence-corrected chi connectivity index (χ3v) is 4.85. The molecule has 2 heterocycles. The third-order valence-electron chi connectivity index (χ3n) is 4.85. The normalized spacial score (nSPS) is 26.5. The summed E-state index contributed by atoms with van der Waals surface area (Å²) >= 11 is 0. The summed E-state index contributed by atoms with van der Waals surface area (Å²) in [6.45, 7) is 7.35. The summed E-state index contributed by atoms with van der Waals surface area (Å²) in [6, 6.07) is 0.00156. The van der Waals surface area contributed by atoms with Crippen molar-refractivity contribution in [1.29, 1.82) is 0 Å². The van der Waals surface area contributed by atoms with E-state index in [1.807, 2.05) is 18.7 Å². The van der Waals surface area contributed by atoms with Crippen LogP contribution in [0.2, 0.25) is 0 Å². The van der Waals surface area contributed by atoms with Gasteiger partial charge < -0.3 is 20.3 Å². The van der Waals surface area contributed by atoms with E-state index in [4.69, 9.17) is 0 Å². The van der Waals surface area contributed by atoms with E-state index in [1.165, 1.54) is 7.11 Å². The van der Waals surface area contributed by atoms with Crippen molar-refractivity contribution in [3.05, 3.63) is 0 Å². The molecule has 0 radical (unpaired) electrons. The fourth-order valence-electron chi connectivity index (χ4n) is 3.34. The first-order valence-electron chi connectivity index (χ1n) is 7.79. The van der Waals surface area contributed by atoms with Crippen molar-refractivity contribution in [2.24, 2.45) is 11.3 Å². The van der Waals surface area contributed by atoms with Crippen molar-refractivity contribution < 1.29 is 14.3 Å². The van der Waals surface area contributed by atoms with E-state index in [0.717, 1.165) is 32.4 Å². The van der Waals surface area contributed by atoms with Crippen LogP contribution in [0, 0.1) is 11.3 Å². The van der Waals surface area contributed by atoms with E-state index in [9.17, 15) is 9.59 Å². The first-order valence-corrected chi connectivity index (χ1v) is 7.79. The number of nitrogens with zero attached hydrogens (tertiary/aromatic N) is 1. The molecule has 6 heteroatoms. The smallest absolute Gasteiger partial charge is 0.407 e. The first kappa shape index (κ1) is 16.1. The van der Waals surface area contributed by atoms with E-state index in [0.29, 0.717) is 19.0 Å². The topological polar surface area (TPSA) is 70.7 Å². The standard InChI is InChI=1S/C15H27N3O3/c1-15(2,11-5-4-7-16-9-11)13(19)18-8-6-12(10-18)17-14(20)21-3/h11-12,16H,4-10H2,1-3H3,(H,17,20). The average molecular weight is 297 g/mol. The fourth-order valence-corrected chi connectivity index (χ4v) is 3.34. The number of ether oxygens (including phenoxy) is 1. The van der Waals surface area contributed by atoms with E-state index < -0.39 is 6.09 Å². The molecule has 0 aromatic carbocycles. The van der Waals surface area contributed by atoms with Gasteiger partial charge in [0.1, 0.15) is 0 Å². The second-order valence-corrected chi connectivity index (χ2v) is 6.64. The van der Waals surface area contributed by atoms with Crippen LogP contribution in [0.25, 0.3) is 0 Å². The van der Waals surface area contributed by atoms with E-state index in [2.05, 4.69) is 15.4 Å². The zero-order chi connectivity index (χ0) is 15.5. The van der Waals surface area contributed by atoms with Gasteiger partial charge in [-0.1, -0.05) is 13.8 Å². The lowest BCUT2D eigenvalue weighted by Crippen LogP contribution is -2.49.